The van der Waals surface area contributed by atoms with Crippen molar-refractivity contribution in [1.82, 2.24) is 16.3 Å². The third-order valence-electron chi connectivity index (χ3n) is 3.67. The lowest BCUT2D eigenvalue weighted by Crippen LogP contribution is -2.36. The largest absolute Gasteiger partial charge is 0.497 e. The van der Waals surface area contributed by atoms with Crippen LogP contribution in [-0.2, 0) is 13.1 Å². The van der Waals surface area contributed by atoms with Crippen LogP contribution < -0.4 is 25.8 Å². The lowest BCUT2D eigenvalue weighted by atomic mass is 10.2. The highest BCUT2D eigenvalue weighted by atomic mass is 16.5. The van der Waals surface area contributed by atoms with Crippen molar-refractivity contribution in [2.75, 3.05) is 13.7 Å². The molecule has 7 nitrogen and oxygen atoms in total. The van der Waals surface area contributed by atoms with Crippen LogP contribution in [0.1, 0.15) is 17.5 Å². The number of nitrogens with one attached hydrogen (secondary N) is 3. The third-order valence-corrected chi connectivity index (χ3v) is 3.67. The van der Waals surface area contributed by atoms with Crippen LogP contribution >= 0.6 is 0 Å². The zero-order valence-corrected chi connectivity index (χ0v) is 14.2. The van der Waals surface area contributed by atoms with E-state index in [9.17, 15) is 0 Å². The predicted octanol–water partition coefficient (Wildman–Crippen LogP) is 2.04. The summed E-state index contributed by atoms with van der Waals surface area (Å²) in [7, 11) is 1.64. The van der Waals surface area contributed by atoms with Crippen molar-refractivity contribution < 1.29 is 19.9 Å². The number of hydrogen-bond acceptors (Lipinski definition) is 7. The van der Waals surface area contributed by atoms with Crippen LogP contribution in [0.5, 0.6) is 11.5 Å². The van der Waals surface area contributed by atoms with Crippen LogP contribution in [0.2, 0.25) is 0 Å². The highest BCUT2D eigenvalue weighted by Gasteiger charge is 2.10. The molecule has 0 radical (unpaired) electrons. The molecule has 25 heavy (non-hydrogen) atoms. The maximum atomic E-state index is 8.85. The van der Waals surface area contributed by atoms with Gasteiger partial charge in [0.05, 0.1) is 7.11 Å². The summed E-state index contributed by atoms with van der Waals surface area (Å²) in [5, 5.41) is 21.0. The van der Waals surface area contributed by atoms with E-state index in [4.69, 9.17) is 19.9 Å². The fourth-order valence-electron chi connectivity index (χ4n) is 2.36. The molecule has 0 amide bonds. The van der Waals surface area contributed by atoms with Gasteiger partial charge in [-0.15, -0.1) is 0 Å². The first-order valence-corrected chi connectivity index (χ1v) is 8.11. The molecule has 7 heteroatoms. The molecule has 0 aromatic heterocycles. The molecular weight excluding hydrogens is 322 g/mol. The maximum Gasteiger partial charge on any atom is 0.151 e. The molecule has 0 saturated heterocycles. The normalized spacial score (nSPS) is 12.0. The first-order chi connectivity index (χ1) is 12.2. The molecule has 0 spiro atoms. The molecule has 0 aliphatic rings. The Kier molecular flexibility index (Phi) is 8.17. The van der Waals surface area contributed by atoms with Crippen LogP contribution in [0.3, 0.4) is 0 Å². The molecule has 2 aromatic rings. The van der Waals surface area contributed by atoms with E-state index in [1.165, 1.54) is 0 Å². The molecule has 0 fully saturated rings. The molecule has 136 valence electrons. The van der Waals surface area contributed by atoms with Crippen LogP contribution in [0.4, 0.5) is 0 Å². The maximum absolute atomic E-state index is 8.85. The van der Waals surface area contributed by atoms with Gasteiger partial charge in [0.1, 0.15) is 11.5 Å². The van der Waals surface area contributed by atoms with Crippen molar-refractivity contribution in [2.24, 2.45) is 0 Å². The average Bonchev–Trinajstić information content (AvgIpc) is 2.65. The second kappa shape index (κ2) is 10.7. The molecule has 0 saturated carbocycles. The highest BCUT2D eigenvalue weighted by molar-refractivity contribution is 5.29. The summed E-state index contributed by atoms with van der Waals surface area (Å²) < 4.78 is 11.1. The van der Waals surface area contributed by atoms with Gasteiger partial charge in [-0.2, -0.15) is 0 Å². The number of ether oxygens (including phenoxy) is 2. The second-order valence-electron chi connectivity index (χ2n) is 5.51. The summed E-state index contributed by atoms with van der Waals surface area (Å²) >= 11 is 0. The quantitative estimate of drug-likeness (QED) is 0.314. The molecule has 0 aliphatic heterocycles. The van der Waals surface area contributed by atoms with Crippen molar-refractivity contribution in [3.8, 4) is 11.5 Å². The molecular formula is C18H25N3O4. The van der Waals surface area contributed by atoms with Gasteiger partial charge >= 0.3 is 0 Å². The van der Waals surface area contributed by atoms with E-state index in [1.807, 2.05) is 48.5 Å². The summed E-state index contributed by atoms with van der Waals surface area (Å²) in [5.41, 5.74) is 6.29. The molecule has 1 atom stereocenters. The Morgan fingerprint density at radius 2 is 1.72 bits per heavy atom. The van der Waals surface area contributed by atoms with Gasteiger partial charge in [0.2, 0.25) is 0 Å². The molecule has 0 heterocycles. The summed E-state index contributed by atoms with van der Waals surface area (Å²) in [5.74, 6) is 1.51. The predicted molar refractivity (Wildman–Crippen MR) is 93.7 cm³/mol. The van der Waals surface area contributed by atoms with E-state index >= 15 is 0 Å². The van der Waals surface area contributed by atoms with Gasteiger partial charge in [-0.1, -0.05) is 24.3 Å². The van der Waals surface area contributed by atoms with Crippen LogP contribution in [-0.4, -0.2) is 30.3 Å². The fraction of sp³-hybridized carbons (Fsp3) is 0.333. The van der Waals surface area contributed by atoms with Gasteiger partial charge in [-0.05, 0) is 35.4 Å². The van der Waals surface area contributed by atoms with E-state index in [-0.39, 0.29) is 6.23 Å². The van der Waals surface area contributed by atoms with Crippen molar-refractivity contribution in [3.63, 3.8) is 0 Å². The van der Waals surface area contributed by atoms with E-state index in [1.54, 1.807) is 7.11 Å². The molecule has 0 aliphatic carbocycles. The SMILES string of the molecule is COc1ccc(CNC(CCNO)Oc2cccc(CNO)c2)cc1. The van der Waals surface area contributed by atoms with Crippen LogP contribution in [0.15, 0.2) is 48.5 Å². The highest BCUT2D eigenvalue weighted by Crippen LogP contribution is 2.16. The van der Waals surface area contributed by atoms with E-state index < -0.39 is 0 Å². The number of hydroxylamine groups is 2. The van der Waals surface area contributed by atoms with Gasteiger partial charge in [0, 0.05) is 26.1 Å². The third kappa shape index (κ3) is 6.69. The summed E-state index contributed by atoms with van der Waals surface area (Å²) in [6.45, 7) is 1.37. The Bertz CT molecular complexity index is 622. The smallest absolute Gasteiger partial charge is 0.151 e. The molecule has 0 bridgehead atoms. The Morgan fingerprint density at radius 3 is 2.40 bits per heavy atom. The molecule has 5 N–H and O–H groups in total. The Labute approximate surface area is 147 Å². The zero-order valence-electron chi connectivity index (χ0n) is 14.2. The lowest BCUT2D eigenvalue weighted by molar-refractivity contribution is 0.114. The van der Waals surface area contributed by atoms with Crippen LogP contribution in [0.25, 0.3) is 0 Å². The minimum Gasteiger partial charge on any atom is -0.497 e. The van der Waals surface area contributed by atoms with E-state index in [2.05, 4.69) is 16.3 Å². The Morgan fingerprint density at radius 1 is 0.920 bits per heavy atom. The second-order valence-corrected chi connectivity index (χ2v) is 5.51. The van der Waals surface area contributed by atoms with Crippen molar-refractivity contribution in [3.05, 3.63) is 59.7 Å². The summed E-state index contributed by atoms with van der Waals surface area (Å²) in [4.78, 5) is 0. The fourth-order valence-corrected chi connectivity index (χ4v) is 2.36. The number of benzene rings is 2. The van der Waals surface area contributed by atoms with Crippen LogP contribution in [0, 0.1) is 0 Å². The van der Waals surface area contributed by atoms with Crippen molar-refractivity contribution in [1.29, 1.82) is 0 Å². The van der Waals surface area contributed by atoms with Crippen molar-refractivity contribution >= 4 is 0 Å². The standard InChI is InChI=1S/C18H25N3O4/c1-24-16-7-5-14(6-8-16)12-19-18(9-10-20-22)25-17-4-2-3-15(11-17)13-21-23/h2-8,11,18-23H,9-10,12-13H2,1H3. The molecule has 2 aromatic carbocycles. The van der Waals surface area contributed by atoms with Gasteiger partial charge in [-0.25, -0.2) is 11.0 Å². The minimum absolute atomic E-state index is 0.279. The van der Waals surface area contributed by atoms with Gasteiger partial charge in [0.25, 0.3) is 0 Å². The number of hydrogen-bond donors (Lipinski definition) is 5. The minimum atomic E-state index is -0.279. The Balaban J connectivity index is 1.96. The average molecular weight is 347 g/mol. The van der Waals surface area contributed by atoms with Crippen molar-refractivity contribution in [2.45, 2.75) is 25.7 Å². The Hall–Kier alpha value is -2.16. The first-order valence-electron chi connectivity index (χ1n) is 8.11. The summed E-state index contributed by atoms with van der Waals surface area (Å²) in [6.07, 6.45) is 0.300. The van der Waals surface area contributed by atoms with Gasteiger partial charge in [-0.3, -0.25) is 5.32 Å². The molecule has 1 unspecified atom stereocenters. The topological polar surface area (TPSA) is 95.0 Å². The van der Waals surface area contributed by atoms with Gasteiger partial charge < -0.3 is 19.9 Å². The van der Waals surface area contributed by atoms with Gasteiger partial charge in [0.15, 0.2) is 6.23 Å². The van der Waals surface area contributed by atoms with E-state index in [0.717, 1.165) is 16.9 Å². The monoisotopic (exact) mass is 347 g/mol. The van der Waals surface area contributed by atoms with E-state index in [0.29, 0.717) is 31.8 Å². The molecule has 2 rings (SSSR count). The zero-order chi connectivity index (χ0) is 17.9. The number of methoxy groups -OCH3 is 1. The number of rotatable bonds is 11. The lowest BCUT2D eigenvalue weighted by Gasteiger charge is -2.21. The summed E-state index contributed by atoms with van der Waals surface area (Å²) in [6, 6.07) is 15.3. The first kappa shape index (κ1) is 19.2.